The lowest BCUT2D eigenvalue weighted by atomic mass is 9.67. The summed E-state index contributed by atoms with van der Waals surface area (Å²) in [7, 11) is -0.177. The van der Waals surface area contributed by atoms with E-state index >= 15 is 0 Å². The van der Waals surface area contributed by atoms with Gasteiger partial charge in [-0.25, -0.2) is 0 Å². The summed E-state index contributed by atoms with van der Waals surface area (Å²) >= 11 is 0. The van der Waals surface area contributed by atoms with Crippen molar-refractivity contribution in [1.29, 1.82) is 0 Å². The highest BCUT2D eigenvalue weighted by Crippen LogP contribution is 2.52. The van der Waals surface area contributed by atoms with Crippen LogP contribution in [0.25, 0.3) is 0 Å². The molecule has 4 nitrogen and oxygen atoms in total. The Hall–Kier alpha value is -1.17. The highest BCUT2D eigenvalue weighted by atomic mass is 28.4. The average Bonchev–Trinajstić information content (AvgIpc) is 2.48. The number of carbonyl (C=O) groups excluding carboxylic acids is 1. The zero-order valence-electron chi connectivity index (χ0n) is 17.8. The molecule has 26 heavy (non-hydrogen) atoms. The maximum atomic E-state index is 13.4. The number of rotatable bonds is 5. The van der Waals surface area contributed by atoms with Crippen molar-refractivity contribution >= 4 is 14.2 Å². The Morgan fingerprint density at radius 3 is 2.08 bits per heavy atom. The van der Waals surface area contributed by atoms with Crippen molar-refractivity contribution in [3.8, 4) is 0 Å². The number of amides is 1. The molecule has 0 aromatic heterocycles. The van der Waals surface area contributed by atoms with Gasteiger partial charge in [-0.3, -0.25) is 4.79 Å². The molecule has 0 radical (unpaired) electrons. The quantitative estimate of drug-likeness (QED) is 0.548. The lowest BCUT2D eigenvalue weighted by Gasteiger charge is -2.67. The van der Waals surface area contributed by atoms with E-state index in [-0.39, 0.29) is 29.3 Å². The smallest absolute Gasteiger partial charge is 0.254 e. The molecule has 1 amide bonds. The van der Waals surface area contributed by atoms with Crippen LogP contribution in [0.3, 0.4) is 0 Å². The highest BCUT2D eigenvalue weighted by Gasteiger charge is 2.69. The van der Waals surface area contributed by atoms with Crippen molar-refractivity contribution in [1.82, 2.24) is 4.90 Å². The highest BCUT2D eigenvalue weighted by molar-refractivity contribution is 6.69. The number of nitrogens with zero attached hydrogens (tertiary/aromatic N) is 1. The van der Waals surface area contributed by atoms with Crippen LogP contribution >= 0.6 is 0 Å². The van der Waals surface area contributed by atoms with Crippen molar-refractivity contribution in [2.24, 2.45) is 11.3 Å². The SMILES string of the molecule is CO[C@@]1(O[Si](C)(C)C)[C@H](C(C)C)N(C(=O)c2ccccc2)[C@@H]1C(C)(C)C. The molecule has 5 heteroatoms. The van der Waals surface area contributed by atoms with Crippen molar-refractivity contribution in [3.63, 3.8) is 0 Å². The van der Waals surface area contributed by atoms with Gasteiger partial charge < -0.3 is 14.1 Å². The summed E-state index contributed by atoms with van der Waals surface area (Å²) in [5, 5.41) is 0. The minimum absolute atomic E-state index is 0.0519. The minimum atomic E-state index is -1.90. The summed E-state index contributed by atoms with van der Waals surface area (Å²) in [6.45, 7) is 17.3. The van der Waals surface area contributed by atoms with Gasteiger partial charge in [0, 0.05) is 12.7 Å². The molecule has 0 N–H and O–H groups in total. The molecule has 0 unspecified atom stereocenters. The van der Waals surface area contributed by atoms with Crippen molar-refractivity contribution in [2.75, 3.05) is 7.11 Å². The molecule has 0 bridgehead atoms. The number of likely N-dealkylation sites (tertiary alicyclic amines) is 1. The van der Waals surface area contributed by atoms with Gasteiger partial charge in [0.2, 0.25) is 5.79 Å². The van der Waals surface area contributed by atoms with Crippen molar-refractivity contribution < 1.29 is 14.0 Å². The van der Waals surface area contributed by atoms with Crippen molar-refractivity contribution in [2.45, 2.75) is 72.1 Å². The average molecular weight is 378 g/mol. The molecule has 1 aliphatic rings. The summed E-state index contributed by atoms with van der Waals surface area (Å²) in [6, 6.07) is 9.25. The first-order valence-electron chi connectivity index (χ1n) is 9.48. The van der Waals surface area contributed by atoms with Crippen LogP contribution in [-0.4, -0.2) is 44.1 Å². The van der Waals surface area contributed by atoms with Gasteiger partial charge in [-0.1, -0.05) is 52.8 Å². The monoisotopic (exact) mass is 377 g/mol. The van der Waals surface area contributed by atoms with Gasteiger partial charge in [0.1, 0.15) is 0 Å². The summed E-state index contributed by atoms with van der Waals surface area (Å²) in [5.74, 6) is -0.491. The molecular formula is C21H35NO3Si. The predicted molar refractivity (Wildman–Crippen MR) is 109 cm³/mol. The fourth-order valence-corrected chi connectivity index (χ4v) is 5.55. The van der Waals surface area contributed by atoms with Crippen LogP contribution < -0.4 is 0 Å². The maximum Gasteiger partial charge on any atom is 0.254 e. The molecule has 146 valence electrons. The zero-order valence-corrected chi connectivity index (χ0v) is 18.8. The number of methoxy groups -OCH3 is 1. The molecular weight excluding hydrogens is 342 g/mol. The van der Waals surface area contributed by atoms with Crippen LogP contribution in [0.1, 0.15) is 45.0 Å². The predicted octanol–water partition coefficient (Wildman–Crippen LogP) is 4.78. The fourth-order valence-electron chi connectivity index (χ4n) is 4.28. The van der Waals surface area contributed by atoms with E-state index < -0.39 is 14.1 Å². The third-order valence-corrected chi connectivity index (χ3v) is 5.79. The Morgan fingerprint density at radius 1 is 1.15 bits per heavy atom. The topological polar surface area (TPSA) is 38.8 Å². The number of hydrogen-bond acceptors (Lipinski definition) is 3. The van der Waals surface area contributed by atoms with Crippen LogP contribution in [0.5, 0.6) is 0 Å². The van der Waals surface area contributed by atoms with Gasteiger partial charge in [0.25, 0.3) is 5.91 Å². The van der Waals surface area contributed by atoms with Crippen molar-refractivity contribution in [3.05, 3.63) is 35.9 Å². The number of carbonyl (C=O) groups is 1. The standard InChI is InChI=1S/C21H35NO3Si/c1-15(2)17-21(24-6,25-26(7,8)9)19(20(3,4)5)22(17)18(23)16-13-11-10-12-14-16/h10-15,17,19H,1-9H3/t17-,19+,21+/m0/s1. The first-order valence-corrected chi connectivity index (χ1v) is 12.9. The molecule has 1 heterocycles. The zero-order chi connectivity index (χ0) is 19.9. The molecule has 1 aliphatic heterocycles. The molecule has 1 saturated heterocycles. The Morgan fingerprint density at radius 2 is 1.69 bits per heavy atom. The molecule has 0 spiro atoms. The Balaban J connectivity index is 2.55. The van der Waals surface area contributed by atoms with Crippen LogP contribution in [-0.2, 0) is 9.16 Å². The maximum absolute atomic E-state index is 13.4. The van der Waals surface area contributed by atoms with Gasteiger partial charge in [-0.15, -0.1) is 0 Å². The minimum Gasteiger partial charge on any atom is -0.388 e. The van der Waals surface area contributed by atoms with E-state index in [0.717, 1.165) is 0 Å². The second-order valence-electron chi connectivity index (χ2n) is 9.68. The van der Waals surface area contributed by atoms with E-state index in [1.165, 1.54) is 0 Å². The van der Waals surface area contributed by atoms with Crippen LogP contribution in [0, 0.1) is 11.3 Å². The summed E-state index contributed by atoms with van der Waals surface area (Å²) in [5.41, 5.74) is 0.538. The molecule has 1 fully saturated rings. The van der Waals surface area contributed by atoms with E-state index in [1.54, 1.807) is 7.11 Å². The molecule has 1 aromatic rings. The van der Waals surface area contributed by atoms with Crippen LogP contribution in [0.4, 0.5) is 0 Å². The molecule has 2 rings (SSSR count). The molecule has 0 aliphatic carbocycles. The van der Waals surface area contributed by atoms with Gasteiger partial charge >= 0.3 is 0 Å². The van der Waals surface area contributed by atoms with Gasteiger partial charge in [0.05, 0.1) is 12.1 Å². The van der Waals surface area contributed by atoms with Gasteiger partial charge in [0.15, 0.2) is 8.32 Å². The van der Waals surface area contributed by atoms with E-state index in [0.29, 0.717) is 5.56 Å². The Bertz CT molecular complexity index is 633. The first-order chi connectivity index (χ1) is 11.8. The summed E-state index contributed by atoms with van der Waals surface area (Å²) in [4.78, 5) is 15.4. The van der Waals surface area contributed by atoms with Crippen LogP contribution in [0.2, 0.25) is 19.6 Å². The van der Waals surface area contributed by atoms with Gasteiger partial charge in [-0.2, -0.15) is 0 Å². The summed E-state index contributed by atoms with van der Waals surface area (Å²) in [6.07, 6.45) is 0. The Kier molecular flexibility index (Phi) is 5.77. The number of hydrogen-bond donors (Lipinski definition) is 0. The summed E-state index contributed by atoms with van der Waals surface area (Å²) < 4.78 is 12.8. The lowest BCUT2D eigenvalue weighted by Crippen LogP contribution is -2.84. The third-order valence-electron chi connectivity index (χ3n) is 4.86. The number of ether oxygens (including phenoxy) is 1. The van der Waals surface area contributed by atoms with E-state index in [4.69, 9.17) is 9.16 Å². The second-order valence-corrected chi connectivity index (χ2v) is 14.1. The largest absolute Gasteiger partial charge is 0.388 e. The van der Waals surface area contributed by atoms with Crippen LogP contribution in [0.15, 0.2) is 30.3 Å². The van der Waals surface area contributed by atoms with E-state index in [9.17, 15) is 4.79 Å². The molecule has 1 aromatic carbocycles. The van der Waals surface area contributed by atoms with E-state index in [1.807, 2.05) is 35.2 Å². The molecule has 0 saturated carbocycles. The van der Waals surface area contributed by atoms with E-state index in [2.05, 4.69) is 54.3 Å². The first kappa shape index (κ1) is 21.1. The lowest BCUT2D eigenvalue weighted by molar-refractivity contribution is -0.333. The molecule has 3 atom stereocenters. The number of benzene rings is 1. The Labute approximate surface area is 160 Å². The fraction of sp³-hybridized carbons (Fsp3) is 0.667. The second kappa shape index (κ2) is 7.10. The normalized spacial score (nSPS) is 26.8. The van der Waals surface area contributed by atoms with Gasteiger partial charge in [-0.05, 0) is 43.1 Å². The third kappa shape index (κ3) is 3.75.